The van der Waals surface area contributed by atoms with Crippen molar-refractivity contribution >= 4 is 17.4 Å². The van der Waals surface area contributed by atoms with Crippen molar-refractivity contribution in [2.75, 3.05) is 17.7 Å². The minimum atomic E-state index is -0.199. The number of hydrogen-bond acceptors (Lipinski definition) is 4. The van der Waals surface area contributed by atoms with Crippen molar-refractivity contribution in [2.45, 2.75) is 6.92 Å². The van der Waals surface area contributed by atoms with Crippen LogP contribution in [0.25, 0.3) is 0 Å². The zero-order chi connectivity index (χ0) is 13.7. The van der Waals surface area contributed by atoms with Gasteiger partial charge in [-0.05, 0) is 43.3 Å². The summed E-state index contributed by atoms with van der Waals surface area (Å²) in [6.45, 7) is 2.51. The molecule has 1 heterocycles. The Hall–Kier alpha value is -2.56. The topological polar surface area (TPSA) is 77.2 Å². The molecule has 1 amide bonds. The summed E-state index contributed by atoms with van der Waals surface area (Å²) < 4.78 is 5.32. The number of carbonyl (C=O) groups excluding carboxylic acids is 1. The van der Waals surface area contributed by atoms with Gasteiger partial charge in [-0.15, -0.1) is 0 Å². The molecule has 0 fully saturated rings. The number of ether oxygens (including phenoxy) is 1. The van der Waals surface area contributed by atoms with E-state index in [1.165, 1.54) is 6.20 Å². The predicted octanol–water partition coefficient (Wildman–Crippen LogP) is 2.31. The molecule has 3 N–H and O–H groups in total. The number of pyridine rings is 1. The Bertz CT molecular complexity index is 550. The summed E-state index contributed by atoms with van der Waals surface area (Å²) in [6.07, 6.45) is 1.52. The van der Waals surface area contributed by atoms with Crippen LogP contribution in [0.4, 0.5) is 11.5 Å². The molecule has 1 aromatic heterocycles. The Morgan fingerprint density at radius 1 is 1.26 bits per heavy atom. The zero-order valence-corrected chi connectivity index (χ0v) is 10.6. The molecule has 0 atom stereocenters. The molecule has 5 nitrogen and oxygen atoms in total. The highest BCUT2D eigenvalue weighted by Crippen LogP contribution is 2.14. The van der Waals surface area contributed by atoms with Gasteiger partial charge in [0.05, 0.1) is 18.5 Å². The summed E-state index contributed by atoms with van der Waals surface area (Å²) in [4.78, 5) is 15.9. The van der Waals surface area contributed by atoms with Crippen LogP contribution in [0.15, 0.2) is 42.6 Å². The van der Waals surface area contributed by atoms with E-state index in [9.17, 15) is 4.79 Å². The number of aromatic nitrogens is 1. The van der Waals surface area contributed by atoms with Crippen LogP contribution in [0.3, 0.4) is 0 Å². The lowest BCUT2D eigenvalue weighted by Crippen LogP contribution is -2.12. The first-order chi connectivity index (χ1) is 9.19. The predicted molar refractivity (Wildman–Crippen MR) is 74.2 cm³/mol. The molecule has 0 spiro atoms. The van der Waals surface area contributed by atoms with Gasteiger partial charge in [0.25, 0.3) is 5.91 Å². The fourth-order valence-electron chi connectivity index (χ4n) is 1.55. The maximum atomic E-state index is 12.0. The first-order valence-electron chi connectivity index (χ1n) is 5.95. The normalized spacial score (nSPS) is 9.95. The Morgan fingerprint density at radius 3 is 2.58 bits per heavy atom. The molecule has 0 aliphatic heterocycles. The number of rotatable bonds is 4. The van der Waals surface area contributed by atoms with Gasteiger partial charge >= 0.3 is 0 Å². The van der Waals surface area contributed by atoms with Crippen molar-refractivity contribution in [3.05, 3.63) is 48.2 Å². The molecule has 0 aliphatic rings. The number of nitrogens with two attached hydrogens (primary N) is 1. The summed E-state index contributed by atoms with van der Waals surface area (Å²) in [5.74, 6) is 0.960. The first-order valence-corrected chi connectivity index (χ1v) is 5.95. The van der Waals surface area contributed by atoms with Crippen LogP contribution in [0.5, 0.6) is 5.75 Å². The Balaban J connectivity index is 2.05. The third-order valence-electron chi connectivity index (χ3n) is 2.47. The van der Waals surface area contributed by atoms with Gasteiger partial charge in [-0.3, -0.25) is 4.79 Å². The fraction of sp³-hybridized carbons (Fsp3) is 0.143. The van der Waals surface area contributed by atoms with E-state index in [0.717, 1.165) is 5.75 Å². The van der Waals surface area contributed by atoms with Crippen molar-refractivity contribution in [1.82, 2.24) is 4.98 Å². The summed E-state index contributed by atoms with van der Waals surface area (Å²) >= 11 is 0. The van der Waals surface area contributed by atoms with Crippen molar-refractivity contribution in [1.29, 1.82) is 0 Å². The van der Waals surface area contributed by atoms with Gasteiger partial charge in [-0.1, -0.05) is 0 Å². The average Bonchev–Trinajstić information content (AvgIpc) is 2.42. The van der Waals surface area contributed by atoms with E-state index >= 15 is 0 Å². The summed E-state index contributed by atoms with van der Waals surface area (Å²) in [7, 11) is 0. The second kappa shape index (κ2) is 5.86. The minimum Gasteiger partial charge on any atom is -0.494 e. The van der Waals surface area contributed by atoms with E-state index in [1.54, 1.807) is 36.4 Å². The molecule has 2 aromatic rings. The lowest BCUT2D eigenvalue weighted by atomic mass is 10.2. The second-order valence-electron chi connectivity index (χ2n) is 3.88. The number of nitrogens with one attached hydrogen (secondary N) is 1. The number of nitrogens with zero attached hydrogens (tertiary/aromatic N) is 1. The van der Waals surface area contributed by atoms with E-state index in [4.69, 9.17) is 10.5 Å². The molecule has 0 bridgehead atoms. The Kier molecular flexibility index (Phi) is 3.97. The number of hydrogen-bond donors (Lipinski definition) is 2. The van der Waals surface area contributed by atoms with Crippen molar-refractivity contribution < 1.29 is 9.53 Å². The Morgan fingerprint density at radius 2 is 2.00 bits per heavy atom. The molecular weight excluding hydrogens is 242 g/mol. The number of nitrogen functional groups attached to an aromatic ring is 1. The SMILES string of the molecule is CCOc1ccc(C(=O)Nc2ccc(N)nc2)cc1. The third kappa shape index (κ3) is 3.45. The van der Waals surface area contributed by atoms with E-state index in [0.29, 0.717) is 23.7 Å². The first kappa shape index (κ1) is 12.9. The van der Waals surface area contributed by atoms with E-state index in [2.05, 4.69) is 10.3 Å². The molecule has 0 aliphatic carbocycles. The Labute approximate surface area is 111 Å². The monoisotopic (exact) mass is 257 g/mol. The summed E-state index contributed by atoms with van der Waals surface area (Å²) in [6, 6.07) is 10.3. The maximum absolute atomic E-state index is 12.0. The van der Waals surface area contributed by atoms with Gasteiger partial charge in [0.2, 0.25) is 0 Å². The fourth-order valence-corrected chi connectivity index (χ4v) is 1.55. The highest BCUT2D eigenvalue weighted by Gasteiger charge is 2.06. The van der Waals surface area contributed by atoms with Crippen molar-refractivity contribution in [2.24, 2.45) is 0 Å². The second-order valence-corrected chi connectivity index (χ2v) is 3.88. The molecule has 5 heteroatoms. The number of anilines is 2. The lowest BCUT2D eigenvalue weighted by Gasteiger charge is -2.06. The quantitative estimate of drug-likeness (QED) is 0.881. The third-order valence-corrected chi connectivity index (χ3v) is 2.47. The van der Waals surface area contributed by atoms with E-state index < -0.39 is 0 Å². The highest BCUT2D eigenvalue weighted by molar-refractivity contribution is 6.04. The average molecular weight is 257 g/mol. The molecule has 98 valence electrons. The molecule has 0 unspecified atom stereocenters. The van der Waals surface area contributed by atoms with Crippen molar-refractivity contribution in [3.8, 4) is 5.75 Å². The molecular formula is C14H15N3O2. The van der Waals surface area contributed by atoms with Gasteiger partial charge in [0.15, 0.2) is 0 Å². The van der Waals surface area contributed by atoms with Gasteiger partial charge in [-0.25, -0.2) is 4.98 Å². The maximum Gasteiger partial charge on any atom is 0.255 e. The summed E-state index contributed by atoms with van der Waals surface area (Å²) in [5.41, 5.74) is 6.64. The molecule has 0 saturated heterocycles. The van der Waals surface area contributed by atoms with Crippen LogP contribution in [-0.2, 0) is 0 Å². The smallest absolute Gasteiger partial charge is 0.255 e. The molecule has 0 radical (unpaired) electrons. The molecule has 2 rings (SSSR count). The standard InChI is InChI=1S/C14H15N3O2/c1-2-19-12-6-3-10(4-7-12)14(18)17-11-5-8-13(15)16-9-11/h3-9H,2H2,1H3,(H2,15,16)(H,17,18). The molecule has 19 heavy (non-hydrogen) atoms. The largest absolute Gasteiger partial charge is 0.494 e. The number of amides is 1. The number of benzene rings is 1. The number of carbonyl (C=O) groups is 1. The van der Waals surface area contributed by atoms with Crippen LogP contribution in [0.2, 0.25) is 0 Å². The van der Waals surface area contributed by atoms with Gasteiger partial charge in [0, 0.05) is 5.56 Å². The molecule has 0 saturated carbocycles. The van der Waals surface area contributed by atoms with Crippen molar-refractivity contribution in [3.63, 3.8) is 0 Å². The van der Waals surface area contributed by atoms with Gasteiger partial charge < -0.3 is 15.8 Å². The molecule has 1 aromatic carbocycles. The van der Waals surface area contributed by atoms with E-state index in [-0.39, 0.29) is 5.91 Å². The zero-order valence-electron chi connectivity index (χ0n) is 10.6. The summed E-state index contributed by atoms with van der Waals surface area (Å²) in [5, 5.41) is 2.74. The minimum absolute atomic E-state index is 0.199. The van der Waals surface area contributed by atoms with Gasteiger partial charge in [0.1, 0.15) is 11.6 Å². The van der Waals surface area contributed by atoms with E-state index in [1.807, 2.05) is 6.92 Å². The van der Waals surface area contributed by atoms with Crippen LogP contribution in [0.1, 0.15) is 17.3 Å². The highest BCUT2D eigenvalue weighted by atomic mass is 16.5. The lowest BCUT2D eigenvalue weighted by molar-refractivity contribution is 0.102. The van der Waals surface area contributed by atoms with Gasteiger partial charge in [-0.2, -0.15) is 0 Å². The van der Waals surface area contributed by atoms with Crippen LogP contribution >= 0.6 is 0 Å². The van der Waals surface area contributed by atoms with Crippen LogP contribution in [-0.4, -0.2) is 17.5 Å². The van der Waals surface area contributed by atoms with Crippen LogP contribution < -0.4 is 15.8 Å². The van der Waals surface area contributed by atoms with Crippen LogP contribution in [0, 0.1) is 0 Å².